The van der Waals surface area contributed by atoms with E-state index in [1.165, 1.54) is 16.7 Å². The highest BCUT2D eigenvalue weighted by Gasteiger charge is 2.10. The molecule has 3 aromatic rings. The first-order chi connectivity index (χ1) is 13.1. The van der Waals surface area contributed by atoms with Crippen LogP contribution in [0.3, 0.4) is 0 Å². The first-order valence-corrected chi connectivity index (χ1v) is 9.13. The van der Waals surface area contributed by atoms with Gasteiger partial charge in [-0.2, -0.15) is 0 Å². The van der Waals surface area contributed by atoms with Crippen LogP contribution < -0.4 is 4.74 Å². The molecule has 3 aromatic carbocycles. The summed E-state index contributed by atoms with van der Waals surface area (Å²) < 4.78 is 10.8. The van der Waals surface area contributed by atoms with E-state index in [0.717, 1.165) is 35.3 Å². The zero-order valence-corrected chi connectivity index (χ0v) is 16.2. The van der Waals surface area contributed by atoms with Crippen LogP contribution in [-0.2, 0) is 17.6 Å². The first-order valence-electron chi connectivity index (χ1n) is 9.13. The Balaban J connectivity index is 1.91. The van der Waals surface area contributed by atoms with E-state index in [1.807, 2.05) is 38.1 Å². The van der Waals surface area contributed by atoms with Crippen molar-refractivity contribution in [2.24, 2.45) is 0 Å². The number of phenolic OH excluding ortho intramolecular Hbond substituents is 1. The molecule has 0 fully saturated rings. The monoisotopic (exact) mass is 362 g/mol. The van der Waals surface area contributed by atoms with Crippen molar-refractivity contribution in [2.45, 2.75) is 26.7 Å². The Hall–Kier alpha value is -2.78. The van der Waals surface area contributed by atoms with Gasteiger partial charge >= 0.3 is 0 Å². The quantitative estimate of drug-likeness (QED) is 0.589. The van der Waals surface area contributed by atoms with Crippen molar-refractivity contribution in [1.82, 2.24) is 0 Å². The number of hydrogen-bond donors (Lipinski definition) is 1. The van der Waals surface area contributed by atoms with Gasteiger partial charge in [-0.1, -0.05) is 42.5 Å². The Morgan fingerprint density at radius 3 is 2.19 bits per heavy atom. The number of aryl methyl sites for hydroxylation is 2. The van der Waals surface area contributed by atoms with Gasteiger partial charge < -0.3 is 14.6 Å². The molecule has 3 nitrogen and oxygen atoms in total. The van der Waals surface area contributed by atoms with Crippen LogP contribution >= 0.6 is 0 Å². The largest absolute Gasteiger partial charge is 0.508 e. The SMILES string of the molecule is COCOc1ccc(Cc2c(C)cc(O)cc2C)cc1Cc1ccccc1. The third kappa shape index (κ3) is 4.89. The van der Waals surface area contributed by atoms with E-state index >= 15 is 0 Å². The van der Waals surface area contributed by atoms with Crippen LogP contribution in [0.2, 0.25) is 0 Å². The fourth-order valence-corrected chi connectivity index (χ4v) is 3.41. The van der Waals surface area contributed by atoms with Gasteiger partial charge in [0, 0.05) is 13.5 Å². The molecule has 0 bridgehead atoms. The van der Waals surface area contributed by atoms with Gasteiger partial charge in [0.15, 0.2) is 6.79 Å². The predicted molar refractivity (Wildman–Crippen MR) is 109 cm³/mol. The summed E-state index contributed by atoms with van der Waals surface area (Å²) in [5.41, 5.74) is 7.08. The number of methoxy groups -OCH3 is 1. The van der Waals surface area contributed by atoms with Gasteiger partial charge in [-0.3, -0.25) is 0 Å². The second-order valence-corrected chi connectivity index (χ2v) is 6.89. The molecule has 3 heteroatoms. The number of benzene rings is 3. The van der Waals surface area contributed by atoms with Gasteiger partial charge in [0.05, 0.1) is 0 Å². The van der Waals surface area contributed by atoms with Crippen molar-refractivity contribution in [2.75, 3.05) is 13.9 Å². The second-order valence-electron chi connectivity index (χ2n) is 6.89. The lowest BCUT2D eigenvalue weighted by Crippen LogP contribution is -2.04. The maximum absolute atomic E-state index is 9.78. The minimum absolute atomic E-state index is 0.233. The minimum Gasteiger partial charge on any atom is -0.508 e. The van der Waals surface area contributed by atoms with E-state index < -0.39 is 0 Å². The number of aromatic hydroxyl groups is 1. The van der Waals surface area contributed by atoms with E-state index in [9.17, 15) is 5.11 Å². The summed E-state index contributed by atoms with van der Waals surface area (Å²) in [5, 5.41) is 9.78. The molecular formula is C24H26O3. The molecule has 1 N–H and O–H groups in total. The molecule has 0 heterocycles. The van der Waals surface area contributed by atoms with Gasteiger partial charge in [0.2, 0.25) is 0 Å². The van der Waals surface area contributed by atoms with Crippen LogP contribution in [0, 0.1) is 13.8 Å². The Morgan fingerprint density at radius 1 is 0.815 bits per heavy atom. The van der Waals surface area contributed by atoms with E-state index in [1.54, 1.807) is 7.11 Å². The lowest BCUT2D eigenvalue weighted by molar-refractivity contribution is 0.0505. The number of ether oxygens (including phenoxy) is 2. The lowest BCUT2D eigenvalue weighted by Gasteiger charge is -2.15. The van der Waals surface area contributed by atoms with Crippen molar-refractivity contribution < 1.29 is 14.6 Å². The molecule has 0 amide bonds. The first kappa shape index (κ1) is 19.0. The summed E-state index contributed by atoms with van der Waals surface area (Å²) in [7, 11) is 1.63. The fourth-order valence-electron chi connectivity index (χ4n) is 3.41. The Morgan fingerprint density at radius 2 is 1.52 bits per heavy atom. The van der Waals surface area contributed by atoms with Crippen molar-refractivity contribution >= 4 is 0 Å². The highest BCUT2D eigenvalue weighted by atomic mass is 16.7. The molecule has 0 aliphatic rings. The summed E-state index contributed by atoms with van der Waals surface area (Å²) in [6.07, 6.45) is 1.63. The lowest BCUT2D eigenvalue weighted by atomic mass is 9.93. The number of rotatable bonds is 7. The van der Waals surface area contributed by atoms with Gasteiger partial charge in [-0.05, 0) is 71.8 Å². The van der Waals surface area contributed by atoms with Gasteiger partial charge in [-0.15, -0.1) is 0 Å². The molecule has 140 valence electrons. The zero-order valence-electron chi connectivity index (χ0n) is 16.2. The highest BCUT2D eigenvalue weighted by Crippen LogP contribution is 2.27. The molecular weight excluding hydrogens is 336 g/mol. The minimum atomic E-state index is 0.233. The van der Waals surface area contributed by atoms with E-state index in [2.05, 4.69) is 36.4 Å². The smallest absolute Gasteiger partial charge is 0.188 e. The Bertz CT molecular complexity index is 878. The Labute approximate surface area is 161 Å². The van der Waals surface area contributed by atoms with Crippen LogP contribution in [0.1, 0.15) is 33.4 Å². The van der Waals surface area contributed by atoms with Crippen LogP contribution in [0.4, 0.5) is 0 Å². The summed E-state index contributed by atoms with van der Waals surface area (Å²) in [6.45, 7) is 4.32. The van der Waals surface area contributed by atoms with Crippen LogP contribution in [-0.4, -0.2) is 19.0 Å². The van der Waals surface area contributed by atoms with Crippen molar-refractivity contribution in [1.29, 1.82) is 0 Å². The zero-order chi connectivity index (χ0) is 19.2. The average molecular weight is 362 g/mol. The second kappa shape index (κ2) is 8.74. The summed E-state index contributed by atoms with van der Waals surface area (Å²) in [4.78, 5) is 0. The van der Waals surface area contributed by atoms with E-state index in [4.69, 9.17) is 9.47 Å². The molecule has 0 aliphatic carbocycles. The van der Waals surface area contributed by atoms with Crippen molar-refractivity contribution in [3.8, 4) is 11.5 Å². The molecule has 0 atom stereocenters. The van der Waals surface area contributed by atoms with Crippen LogP contribution in [0.25, 0.3) is 0 Å². The summed E-state index contributed by atoms with van der Waals surface area (Å²) in [6, 6.07) is 20.4. The maximum atomic E-state index is 9.78. The topological polar surface area (TPSA) is 38.7 Å². The van der Waals surface area contributed by atoms with Crippen LogP contribution in [0.15, 0.2) is 60.7 Å². The van der Waals surface area contributed by atoms with Gasteiger partial charge in [-0.25, -0.2) is 0 Å². The highest BCUT2D eigenvalue weighted by molar-refractivity contribution is 5.46. The molecule has 3 rings (SSSR count). The molecule has 0 unspecified atom stereocenters. The molecule has 0 aliphatic heterocycles. The van der Waals surface area contributed by atoms with Crippen molar-refractivity contribution in [3.05, 3.63) is 94.0 Å². The van der Waals surface area contributed by atoms with Gasteiger partial charge in [0.25, 0.3) is 0 Å². The van der Waals surface area contributed by atoms with Gasteiger partial charge in [0.1, 0.15) is 11.5 Å². The fraction of sp³-hybridized carbons (Fsp3) is 0.250. The molecule has 0 radical (unpaired) electrons. The predicted octanol–water partition coefficient (Wildman–Crippen LogP) is 5.17. The van der Waals surface area contributed by atoms with E-state index in [-0.39, 0.29) is 6.79 Å². The molecule has 0 spiro atoms. The third-order valence-electron chi connectivity index (χ3n) is 4.76. The number of phenols is 1. The molecule has 0 saturated carbocycles. The number of hydrogen-bond acceptors (Lipinski definition) is 3. The maximum Gasteiger partial charge on any atom is 0.188 e. The molecule has 0 aromatic heterocycles. The molecule has 0 saturated heterocycles. The van der Waals surface area contributed by atoms with E-state index in [0.29, 0.717) is 5.75 Å². The summed E-state index contributed by atoms with van der Waals surface area (Å²) >= 11 is 0. The van der Waals surface area contributed by atoms with Crippen molar-refractivity contribution in [3.63, 3.8) is 0 Å². The summed E-state index contributed by atoms with van der Waals surface area (Å²) in [5.74, 6) is 1.17. The molecule has 27 heavy (non-hydrogen) atoms. The van der Waals surface area contributed by atoms with Crippen LogP contribution in [0.5, 0.6) is 11.5 Å². The Kier molecular flexibility index (Phi) is 6.15. The average Bonchev–Trinajstić information content (AvgIpc) is 2.65. The third-order valence-corrected chi connectivity index (χ3v) is 4.76. The normalized spacial score (nSPS) is 10.8. The standard InChI is InChI=1S/C24H26O3/c1-17-11-22(25)12-18(2)23(17)15-20-9-10-24(27-16-26-3)21(14-20)13-19-7-5-4-6-8-19/h4-12,14,25H,13,15-16H2,1-3H3.